The van der Waals surface area contributed by atoms with Crippen LogP contribution in [0.1, 0.15) is 25.3 Å². The maximum absolute atomic E-state index is 12.3. The molecule has 1 amide bonds. The SMILES string of the molecule is CCC(=O)N(c1cc(C#N)ccc1OC)C1CCNC1. The third-order valence-electron chi connectivity index (χ3n) is 3.54. The standard InChI is InChI=1S/C15H19N3O2/c1-3-15(19)18(12-6-7-17-10-12)13-8-11(9-16)4-5-14(13)20-2/h4-5,8,12,17H,3,6-7,10H2,1-2H3. The van der Waals surface area contributed by atoms with Gasteiger partial charge in [-0.25, -0.2) is 0 Å². The molecule has 1 aromatic rings. The predicted molar refractivity (Wildman–Crippen MR) is 76.8 cm³/mol. The Morgan fingerprint density at radius 3 is 2.95 bits per heavy atom. The maximum Gasteiger partial charge on any atom is 0.227 e. The van der Waals surface area contributed by atoms with Gasteiger partial charge in [-0.05, 0) is 31.2 Å². The first kappa shape index (κ1) is 14.4. The molecule has 1 heterocycles. The monoisotopic (exact) mass is 273 g/mol. The Bertz CT molecular complexity index is 530. The maximum atomic E-state index is 12.3. The number of methoxy groups -OCH3 is 1. The van der Waals surface area contributed by atoms with Crippen LogP contribution >= 0.6 is 0 Å². The van der Waals surface area contributed by atoms with E-state index in [0.717, 1.165) is 19.5 Å². The van der Waals surface area contributed by atoms with Crippen LogP contribution in [-0.2, 0) is 4.79 Å². The van der Waals surface area contributed by atoms with Gasteiger partial charge in [0.15, 0.2) is 0 Å². The fraction of sp³-hybridized carbons (Fsp3) is 0.467. The first-order valence-corrected chi connectivity index (χ1v) is 6.82. The van der Waals surface area contributed by atoms with Gasteiger partial charge in [0.1, 0.15) is 5.75 Å². The van der Waals surface area contributed by atoms with Crippen LogP contribution in [0.3, 0.4) is 0 Å². The Morgan fingerprint density at radius 2 is 2.40 bits per heavy atom. The molecular formula is C15H19N3O2. The molecule has 2 rings (SSSR count). The Kier molecular flexibility index (Phi) is 4.59. The van der Waals surface area contributed by atoms with Gasteiger partial charge in [0.25, 0.3) is 0 Å². The van der Waals surface area contributed by atoms with Crippen molar-refractivity contribution in [3.63, 3.8) is 0 Å². The van der Waals surface area contributed by atoms with Crippen molar-refractivity contribution in [1.82, 2.24) is 5.32 Å². The highest BCUT2D eigenvalue weighted by molar-refractivity contribution is 5.95. The predicted octanol–water partition coefficient (Wildman–Crippen LogP) is 1.67. The molecule has 0 radical (unpaired) electrons. The second-order valence-electron chi connectivity index (χ2n) is 4.76. The molecule has 0 bridgehead atoms. The van der Waals surface area contributed by atoms with Gasteiger partial charge < -0.3 is 15.0 Å². The van der Waals surface area contributed by atoms with Crippen molar-refractivity contribution in [2.24, 2.45) is 0 Å². The van der Waals surface area contributed by atoms with Gasteiger partial charge >= 0.3 is 0 Å². The minimum absolute atomic E-state index is 0.0482. The van der Waals surface area contributed by atoms with E-state index < -0.39 is 0 Å². The number of nitriles is 1. The topological polar surface area (TPSA) is 65.4 Å². The highest BCUT2D eigenvalue weighted by atomic mass is 16.5. The van der Waals surface area contributed by atoms with Crippen LogP contribution in [0.15, 0.2) is 18.2 Å². The van der Waals surface area contributed by atoms with Crippen molar-refractivity contribution in [1.29, 1.82) is 5.26 Å². The lowest BCUT2D eigenvalue weighted by Crippen LogP contribution is -2.41. The number of hydrogen-bond donors (Lipinski definition) is 1. The zero-order valence-corrected chi connectivity index (χ0v) is 11.8. The van der Waals surface area contributed by atoms with Gasteiger partial charge in [0.2, 0.25) is 5.91 Å². The lowest BCUT2D eigenvalue weighted by atomic mass is 10.1. The summed E-state index contributed by atoms with van der Waals surface area (Å²) in [6.07, 6.45) is 1.34. The first-order valence-electron chi connectivity index (χ1n) is 6.82. The second kappa shape index (κ2) is 6.40. The number of rotatable bonds is 4. The molecule has 1 aromatic carbocycles. The fourth-order valence-corrected chi connectivity index (χ4v) is 2.51. The van der Waals surface area contributed by atoms with E-state index in [0.29, 0.717) is 23.4 Å². The molecule has 0 saturated carbocycles. The molecule has 5 heteroatoms. The van der Waals surface area contributed by atoms with Crippen LogP contribution < -0.4 is 15.0 Å². The number of carbonyl (C=O) groups excluding carboxylic acids is 1. The highest BCUT2D eigenvalue weighted by Gasteiger charge is 2.29. The summed E-state index contributed by atoms with van der Waals surface area (Å²) in [6, 6.07) is 7.40. The summed E-state index contributed by atoms with van der Waals surface area (Å²) in [5.74, 6) is 0.671. The Morgan fingerprint density at radius 1 is 1.60 bits per heavy atom. The van der Waals surface area contributed by atoms with E-state index in [1.54, 1.807) is 30.2 Å². The van der Waals surface area contributed by atoms with Crippen LogP contribution in [0.5, 0.6) is 5.75 Å². The van der Waals surface area contributed by atoms with E-state index in [1.165, 1.54) is 0 Å². The molecule has 0 spiro atoms. The van der Waals surface area contributed by atoms with Crippen LogP contribution in [0.2, 0.25) is 0 Å². The Balaban J connectivity index is 2.46. The van der Waals surface area contributed by atoms with E-state index >= 15 is 0 Å². The highest BCUT2D eigenvalue weighted by Crippen LogP contribution is 2.32. The summed E-state index contributed by atoms with van der Waals surface area (Å²) in [7, 11) is 1.58. The average Bonchev–Trinajstić information content (AvgIpc) is 3.01. The van der Waals surface area contributed by atoms with Crippen LogP contribution in [0.25, 0.3) is 0 Å². The molecule has 5 nitrogen and oxygen atoms in total. The zero-order valence-electron chi connectivity index (χ0n) is 11.8. The van der Waals surface area contributed by atoms with Crippen LogP contribution in [0, 0.1) is 11.3 Å². The Labute approximate surface area is 119 Å². The molecule has 20 heavy (non-hydrogen) atoms. The van der Waals surface area contributed by atoms with Gasteiger partial charge in [0.05, 0.1) is 30.5 Å². The molecule has 1 aliphatic heterocycles. The van der Waals surface area contributed by atoms with Gasteiger partial charge in [0, 0.05) is 13.0 Å². The molecule has 1 saturated heterocycles. The number of anilines is 1. The van der Waals surface area contributed by atoms with Crippen molar-refractivity contribution in [3.8, 4) is 11.8 Å². The third kappa shape index (κ3) is 2.75. The van der Waals surface area contributed by atoms with Crippen molar-refractivity contribution in [3.05, 3.63) is 23.8 Å². The smallest absolute Gasteiger partial charge is 0.227 e. The minimum atomic E-state index is 0.0482. The number of amides is 1. The minimum Gasteiger partial charge on any atom is -0.495 e. The molecule has 1 unspecified atom stereocenters. The van der Waals surface area contributed by atoms with Gasteiger partial charge in [-0.1, -0.05) is 6.92 Å². The molecule has 1 aliphatic rings. The quantitative estimate of drug-likeness (QED) is 0.906. The van der Waals surface area contributed by atoms with E-state index in [9.17, 15) is 4.79 Å². The summed E-state index contributed by atoms with van der Waals surface area (Å²) in [5.41, 5.74) is 1.22. The molecule has 106 valence electrons. The summed E-state index contributed by atoms with van der Waals surface area (Å²) in [4.78, 5) is 14.1. The average molecular weight is 273 g/mol. The van der Waals surface area contributed by atoms with Gasteiger partial charge in [-0.15, -0.1) is 0 Å². The summed E-state index contributed by atoms with van der Waals surface area (Å²) >= 11 is 0. The van der Waals surface area contributed by atoms with Crippen molar-refractivity contribution in [2.45, 2.75) is 25.8 Å². The summed E-state index contributed by atoms with van der Waals surface area (Å²) < 4.78 is 5.36. The summed E-state index contributed by atoms with van der Waals surface area (Å²) in [5, 5.41) is 12.3. The number of carbonyl (C=O) groups is 1. The van der Waals surface area contributed by atoms with Crippen LogP contribution in [0.4, 0.5) is 5.69 Å². The number of nitrogens with one attached hydrogen (secondary N) is 1. The molecule has 1 atom stereocenters. The van der Waals surface area contributed by atoms with Gasteiger partial charge in [-0.3, -0.25) is 4.79 Å². The number of hydrogen-bond acceptors (Lipinski definition) is 4. The number of benzene rings is 1. The second-order valence-corrected chi connectivity index (χ2v) is 4.76. The molecule has 1 fully saturated rings. The van der Waals surface area contributed by atoms with E-state index in [2.05, 4.69) is 11.4 Å². The lowest BCUT2D eigenvalue weighted by Gasteiger charge is -2.29. The largest absolute Gasteiger partial charge is 0.495 e. The van der Waals surface area contributed by atoms with E-state index in [-0.39, 0.29) is 11.9 Å². The lowest BCUT2D eigenvalue weighted by molar-refractivity contribution is -0.118. The fourth-order valence-electron chi connectivity index (χ4n) is 2.51. The van der Waals surface area contributed by atoms with Gasteiger partial charge in [-0.2, -0.15) is 5.26 Å². The van der Waals surface area contributed by atoms with E-state index in [1.807, 2.05) is 6.92 Å². The zero-order chi connectivity index (χ0) is 14.5. The first-order chi connectivity index (χ1) is 9.71. The molecule has 0 aromatic heterocycles. The Hall–Kier alpha value is -2.06. The van der Waals surface area contributed by atoms with E-state index in [4.69, 9.17) is 10.00 Å². The van der Waals surface area contributed by atoms with Crippen LogP contribution in [-0.4, -0.2) is 32.1 Å². The van der Waals surface area contributed by atoms with Crippen molar-refractivity contribution in [2.75, 3.05) is 25.1 Å². The number of ether oxygens (including phenoxy) is 1. The molecule has 1 N–H and O–H groups in total. The van der Waals surface area contributed by atoms with Crippen molar-refractivity contribution < 1.29 is 9.53 Å². The molecular weight excluding hydrogens is 254 g/mol. The van der Waals surface area contributed by atoms with Crippen molar-refractivity contribution >= 4 is 11.6 Å². The normalized spacial score (nSPS) is 17.6. The third-order valence-corrected chi connectivity index (χ3v) is 3.54. The number of nitrogens with zero attached hydrogens (tertiary/aromatic N) is 2. The molecule has 0 aliphatic carbocycles. The summed E-state index contributed by atoms with van der Waals surface area (Å²) in [6.45, 7) is 3.52.